The molecule has 0 fully saturated rings. The molecular weight excluding hydrogens is 527 g/mol. The molecule has 3 aromatic carbocycles. The molecule has 1 aromatic heterocycles. The van der Waals surface area contributed by atoms with Crippen LogP contribution in [-0.2, 0) is 11.2 Å². The normalized spacial score (nSPS) is 17.7. The number of rotatable bonds is 8. The Morgan fingerprint density at radius 2 is 1.95 bits per heavy atom. The van der Waals surface area contributed by atoms with E-state index in [2.05, 4.69) is 10.3 Å². The number of nitrogens with zero attached hydrogens (tertiary/aromatic N) is 2. The topological polar surface area (TPSA) is 94.8 Å². The number of para-hydroxylation sites is 2. The summed E-state index contributed by atoms with van der Waals surface area (Å²) in [5.41, 5.74) is 4.34. The largest absolute Gasteiger partial charge is 0.493 e. The summed E-state index contributed by atoms with van der Waals surface area (Å²) in [6.45, 7) is 1.23. The van der Waals surface area contributed by atoms with Crippen LogP contribution in [0.5, 0.6) is 17.2 Å². The van der Waals surface area contributed by atoms with E-state index in [1.807, 2.05) is 47.9 Å². The Hall–Kier alpha value is -4.41. The highest BCUT2D eigenvalue weighted by Gasteiger charge is 2.32. The number of carboxylic acid groups (broad SMARTS) is 1. The van der Waals surface area contributed by atoms with Crippen molar-refractivity contribution in [3.05, 3.63) is 71.5 Å². The number of fused-ring (bicyclic) bond motifs is 3. The summed E-state index contributed by atoms with van der Waals surface area (Å²) in [5.74, 6) is 1.04. The van der Waals surface area contributed by atoms with Gasteiger partial charge in [0, 0.05) is 35.2 Å². The van der Waals surface area contributed by atoms with Crippen LogP contribution >= 0.6 is 0 Å². The van der Waals surface area contributed by atoms with Crippen molar-refractivity contribution in [1.29, 1.82) is 0 Å². The first-order valence-electron chi connectivity index (χ1n) is 12.9. The molecule has 0 spiro atoms. The minimum Gasteiger partial charge on any atom is -0.493 e. The van der Waals surface area contributed by atoms with Gasteiger partial charge in [-0.2, -0.15) is 13.2 Å². The molecule has 0 saturated heterocycles. The summed E-state index contributed by atoms with van der Waals surface area (Å²) in [4.78, 5) is 15.8. The van der Waals surface area contributed by atoms with Crippen molar-refractivity contribution in [3.63, 3.8) is 0 Å². The van der Waals surface area contributed by atoms with E-state index < -0.39 is 18.8 Å². The number of benzene rings is 3. The summed E-state index contributed by atoms with van der Waals surface area (Å²) >= 11 is 0. The molecule has 0 bridgehead atoms. The molecule has 8 nitrogen and oxygen atoms in total. The third kappa shape index (κ3) is 4.76. The second-order valence-electron chi connectivity index (χ2n) is 9.81. The highest BCUT2D eigenvalue weighted by molar-refractivity contribution is 5.85. The highest BCUT2D eigenvalue weighted by atomic mass is 19.4. The number of ether oxygens (including phenoxy) is 3. The predicted molar refractivity (Wildman–Crippen MR) is 141 cm³/mol. The number of anilines is 1. The van der Waals surface area contributed by atoms with Crippen molar-refractivity contribution in [2.24, 2.45) is 0 Å². The van der Waals surface area contributed by atoms with Crippen molar-refractivity contribution in [2.45, 2.75) is 37.9 Å². The number of aromatic nitrogens is 2. The van der Waals surface area contributed by atoms with Crippen LogP contribution in [0.15, 0.2) is 54.6 Å². The lowest BCUT2D eigenvalue weighted by molar-refractivity contribution is -0.153. The van der Waals surface area contributed by atoms with E-state index in [0.717, 1.165) is 22.5 Å². The number of aryl methyl sites for hydroxylation is 1. The fraction of sp³-hybridized carbons (Fsp3) is 0.310. The number of hydrogen-bond donors (Lipinski definition) is 2. The van der Waals surface area contributed by atoms with Gasteiger partial charge in [0.1, 0.15) is 35.2 Å². The number of aliphatic carboxylic acids is 1. The molecular formula is C29H26F3N3O5. The first kappa shape index (κ1) is 25.8. The minimum absolute atomic E-state index is 0.0189. The average molecular weight is 554 g/mol. The molecule has 11 heteroatoms. The zero-order valence-electron chi connectivity index (χ0n) is 21.5. The second kappa shape index (κ2) is 9.96. The maximum Gasteiger partial charge on any atom is 0.422 e. The summed E-state index contributed by atoms with van der Waals surface area (Å²) in [6, 6.07) is 16.2. The lowest BCUT2D eigenvalue weighted by atomic mass is 9.97. The molecule has 4 aromatic rings. The van der Waals surface area contributed by atoms with Crippen LogP contribution in [0.3, 0.4) is 0 Å². The summed E-state index contributed by atoms with van der Waals surface area (Å²) in [6.07, 6.45) is -3.90. The van der Waals surface area contributed by atoms with E-state index in [9.17, 15) is 18.0 Å². The van der Waals surface area contributed by atoms with Gasteiger partial charge in [-0.15, -0.1) is 0 Å². The summed E-state index contributed by atoms with van der Waals surface area (Å²) < 4.78 is 57.4. The van der Waals surface area contributed by atoms with Gasteiger partial charge in [-0.25, -0.2) is 4.98 Å². The van der Waals surface area contributed by atoms with Crippen molar-refractivity contribution in [2.75, 3.05) is 25.1 Å². The van der Waals surface area contributed by atoms with Crippen LogP contribution in [0, 0.1) is 0 Å². The molecule has 2 atom stereocenters. The zero-order valence-corrected chi connectivity index (χ0v) is 21.5. The van der Waals surface area contributed by atoms with Crippen molar-refractivity contribution in [1.82, 2.24) is 9.55 Å². The zero-order chi connectivity index (χ0) is 28.0. The van der Waals surface area contributed by atoms with E-state index in [1.165, 1.54) is 6.07 Å². The number of carboxylic acids is 1. The van der Waals surface area contributed by atoms with Gasteiger partial charge in [0.25, 0.3) is 0 Å². The van der Waals surface area contributed by atoms with E-state index in [-0.39, 0.29) is 24.1 Å². The van der Waals surface area contributed by atoms with Gasteiger partial charge in [-0.1, -0.05) is 31.2 Å². The summed E-state index contributed by atoms with van der Waals surface area (Å²) in [7, 11) is 0. The highest BCUT2D eigenvalue weighted by Crippen LogP contribution is 2.43. The second-order valence-corrected chi connectivity index (χ2v) is 9.81. The van der Waals surface area contributed by atoms with E-state index >= 15 is 0 Å². The standard InChI is InChI=1S/C29H26F3N3O5/c1-2-25-34-27-21(6-4-8-23(27)40-15-29(30,31)32)35(25)22-7-3-5-19-20(14-39-28(19)22)33-17-9-10-18-16(11-26(36)37)13-38-24(18)12-17/h3-10,12,16,20,33H,2,11,13-15H2,1H3,(H,36,37)/t16-,20-/m1/s1. The number of halogens is 3. The van der Waals surface area contributed by atoms with Gasteiger partial charge < -0.3 is 24.6 Å². The number of imidazole rings is 1. The third-order valence-electron chi connectivity index (χ3n) is 7.12. The Morgan fingerprint density at radius 3 is 2.73 bits per heavy atom. The molecule has 0 radical (unpaired) electrons. The monoisotopic (exact) mass is 553 g/mol. The Morgan fingerprint density at radius 1 is 1.12 bits per heavy atom. The predicted octanol–water partition coefficient (Wildman–Crippen LogP) is 6.03. The molecule has 0 unspecified atom stereocenters. The van der Waals surface area contributed by atoms with Gasteiger partial charge in [-0.3, -0.25) is 9.36 Å². The van der Waals surface area contributed by atoms with Gasteiger partial charge in [0.15, 0.2) is 6.61 Å². The first-order chi connectivity index (χ1) is 19.2. The molecule has 6 rings (SSSR count). The number of alkyl halides is 3. The van der Waals surface area contributed by atoms with Crippen LogP contribution in [0.25, 0.3) is 16.7 Å². The van der Waals surface area contributed by atoms with E-state index in [4.69, 9.17) is 19.3 Å². The fourth-order valence-corrected chi connectivity index (χ4v) is 5.38. The Bertz CT molecular complexity index is 1600. The molecule has 2 aliphatic heterocycles. The van der Waals surface area contributed by atoms with Crippen molar-refractivity contribution >= 4 is 22.7 Å². The molecule has 0 saturated carbocycles. The Labute approximate surface area is 227 Å². The van der Waals surface area contributed by atoms with Crippen LogP contribution in [0.2, 0.25) is 0 Å². The Kier molecular flexibility index (Phi) is 6.44. The van der Waals surface area contributed by atoms with Crippen molar-refractivity contribution in [3.8, 4) is 22.9 Å². The van der Waals surface area contributed by atoms with E-state index in [0.29, 0.717) is 48.0 Å². The van der Waals surface area contributed by atoms with Crippen LogP contribution in [-0.4, -0.2) is 46.6 Å². The lowest BCUT2D eigenvalue weighted by Crippen LogP contribution is -2.19. The SMILES string of the molecule is CCc1nc2c(OCC(F)(F)F)cccc2n1-c1cccc2c1OC[C@H]2Nc1ccc2c(c1)OC[C@H]2CC(=O)O. The lowest BCUT2D eigenvalue weighted by Gasteiger charge is -2.15. The fourth-order valence-electron chi connectivity index (χ4n) is 5.38. The minimum atomic E-state index is -4.46. The Balaban J connectivity index is 1.31. The number of nitrogens with one attached hydrogen (secondary N) is 1. The maximum absolute atomic E-state index is 12.8. The van der Waals surface area contributed by atoms with Crippen LogP contribution in [0.4, 0.5) is 18.9 Å². The van der Waals surface area contributed by atoms with Crippen molar-refractivity contribution < 1.29 is 37.3 Å². The van der Waals surface area contributed by atoms with Gasteiger partial charge >= 0.3 is 12.1 Å². The quantitative estimate of drug-likeness (QED) is 0.275. The first-order valence-corrected chi connectivity index (χ1v) is 12.9. The number of carbonyl (C=O) groups is 1. The smallest absolute Gasteiger partial charge is 0.422 e. The van der Waals surface area contributed by atoms with Gasteiger partial charge in [0.2, 0.25) is 0 Å². The van der Waals surface area contributed by atoms with Crippen LogP contribution < -0.4 is 19.5 Å². The maximum atomic E-state index is 12.8. The average Bonchev–Trinajstić information content (AvgIpc) is 3.62. The molecule has 3 heterocycles. The van der Waals surface area contributed by atoms with Gasteiger partial charge in [-0.05, 0) is 24.3 Å². The molecule has 2 N–H and O–H groups in total. The van der Waals surface area contributed by atoms with E-state index in [1.54, 1.807) is 12.1 Å². The molecule has 40 heavy (non-hydrogen) atoms. The summed E-state index contributed by atoms with van der Waals surface area (Å²) in [5, 5.41) is 12.6. The molecule has 0 aliphatic carbocycles. The molecule has 208 valence electrons. The van der Waals surface area contributed by atoms with Crippen LogP contribution in [0.1, 0.15) is 42.3 Å². The molecule has 2 aliphatic rings. The third-order valence-corrected chi connectivity index (χ3v) is 7.12. The molecule has 0 amide bonds. The van der Waals surface area contributed by atoms with Gasteiger partial charge in [0.05, 0.1) is 30.3 Å². The number of hydrogen-bond acceptors (Lipinski definition) is 6.